The molecular formula is C14H24OY-2. The van der Waals surface area contributed by atoms with Crippen molar-refractivity contribution in [2.45, 2.75) is 51.0 Å². The van der Waals surface area contributed by atoms with Gasteiger partial charge in [-0.1, -0.05) is 0 Å². The summed E-state index contributed by atoms with van der Waals surface area (Å²) in [6.07, 6.45) is 7.36. The minimum absolute atomic E-state index is 0. The fraction of sp³-hybridized carbons (Fsp3) is 0.857. The third-order valence-electron chi connectivity index (χ3n) is 4.95. The molecule has 2 heteroatoms. The molecule has 4 rings (SSSR count). The first-order chi connectivity index (χ1) is 7.22. The number of hydrogen-bond donors (Lipinski definition) is 1. The SMILES string of the molecule is [CH2-]C.[CH2-]CC1(O)C2CC3CC(C2)CC1C3.[Y]. The zero-order chi connectivity index (χ0) is 11.1. The molecule has 0 saturated heterocycles. The van der Waals surface area contributed by atoms with E-state index in [2.05, 4.69) is 13.8 Å². The van der Waals surface area contributed by atoms with Crippen molar-refractivity contribution in [3.05, 3.63) is 13.8 Å². The Morgan fingerprint density at radius 1 is 1.00 bits per heavy atom. The molecule has 0 aliphatic heterocycles. The van der Waals surface area contributed by atoms with Crippen molar-refractivity contribution in [2.24, 2.45) is 23.7 Å². The summed E-state index contributed by atoms with van der Waals surface area (Å²) in [4.78, 5) is 0. The molecule has 4 bridgehead atoms. The van der Waals surface area contributed by atoms with Gasteiger partial charge >= 0.3 is 0 Å². The van der Waals surface area contributed by atoms with Crippen LogP contribution in [0.15, 0.2) is 0 Å². The van der Waals surface area contributed by atoms with Crippen LogP contribution in [0.1, 0.15) is 45.4 Å². The van der Waals surface area contributed by atoms with Crippen LogP contribution >= 0.6 is 0 Å². The Bertz CT molecular complexity index is 199. The third-order valence-corrected chi connectivity index (χ3v) is 4.95. The summed E-state index contributed by atoms with van der Waals surface area (Å²) in [5, 5.41) is 10.5. The minimum Gasteiger partial charge on any atom is -0.392 e. The molecule has 1 N–H and O–H groups in total. The Balaban J connectivity index is 0.000000406. The normalized spacial score (nSPS) is 48.0. The van der Waals surface area contributed by atoms with Gasteiger partial charge in [-0.2, -0.15) is 13.3 Å². The Labute approximate surface area is 126 Å². The van der Waals surface area contributed by atoms with Crippen LogP contribution in [0.5, 0.6) is 0 Å². The Kier molecular flexibility index (Phi) is 5.48. The molecule has 0 aromatic carbocycles. The Hall–Kier alpha value is 1.06. The third kappa shape index (κ3) is 2.29. The van der Waals surface area contributed by atoms with Gasteiger partial charge in [0, 0.05) is 38.3 Å². The first-order valence-corrected chi connectivity index (χ1v) is 6.44. The fourth-order valence-electron chi connectivity index (χ4n) is 4.41. The van der Waals surface area contributed by atoms with E-state index in [1.165, 1.54) is 32.1 Å². The Morgan fingerprint density at radius 3 is 1.69 bits per heavy atom. The molecule has 0 spiro atoms. The van der Waals surface area contributed by atoms with Gasteiger partial charge in [0.2, 0.25) is 0 Å². The van der Waals surface area contributed by atoms with E-state index >= 15 is 0 Å². The molecule has 4 fully saturated rings. The van der Waals surface area contributed by atoms with E-state index in [-0.39, 0.29) is 38.3 Å². The van der Waals surface area contributed by atoms with E-state index < -0.39 is 0 Å². The summed E-state index contributed by atoms with van der Waals surface area (Å²) in [6, 6.07) is 0. The summed E-state index contributed by atoms with van der Waals surface area (Å²) in [5.74, 6) is 3.10. The molecule has 1 nitrogen and oxygen atoms in total. The van der Waals surface area contributed by atoms with Crippen molar-refractivity contribution in [1.29, 1.82) is 0 Å². The van der Waals surface area contributed by atoms with Gasteiger partial charge in [0.05, 0.1) is 0 Å². The van der Waals surface area contributed by atoms with Crippen LogP contribution in [0.2, 0.25) is 0 Å². The molecule has 16 heavy (non-hydrogen) atoms. The van der Waals surface area contributed by atoms with Crippen molar-refractivity contribution in [1.82, 2.24) is 0 Å². The van der Waals surface area contributed by atoms with Crippen molar-refractivity contribution in [2.75, 3.05) is 0 Å². The maximum Gasteiger partial charge on any atom is 0.0435 e. The molecule has 4 aliphatic carbocycles. The van der Waals surface area contributed by atoms with Crippen LogP contribution in [0.25, 0.3) is 0 Å². The van der Waals surface area contributed by atoms with Gasteiger partial charge in [-0.3, -0.25) is 0 Å². The van der Waals surface area contributed by atoms with Crippen LogP contribution in [0.4, 0.5) is 0 Å². The average Bonchev–Trinajstić information content (AvgIpc) is 2.27. The van der Waals surface area contributed by atoms with Crippen molar-refractivity contribution >= 4 is 0 Å². The standard InChI is InChI=1S/C12H19O.C2H5.Y/c1-2-12(13)10-4-8-3-9(6-10)7-11(12)5-8;1-2;/h8-11,13H,1-7H2;1H2,2H3;/q2*-1;. The molecule has 91 valence electrons. The second kappa shape index (κ2) is 5.80. The van der Waals surface area contributed by atoms with Gasteiger partial charge in [-0.25, -0.2) is 0 Å². The maximum absolute atomic E-state index is 10.5. The minimum atomic E-state index is -0.368. The van der Waals surface area contributed by atoms with Gasteiger partial charge < -0.3 is 19.0 Å². The van der Waals surface area contributed by atoms with Crippen molar-refractivity contribution in [3.8, 4) is 0 Å². The van der Waals surface area contributed by atoms with Gasteiger partial charge in [0.1, 0.15) is 0 Å². The van der Waals surface area contributed by atoms with Crippen LogP contribution in [0.3, 0.4) is 0 Å². The van der Waals surface area contributed by atoms with Crippen molar-refractivity contribution in [3.63, 3.8) is 0 Å². The smallest absolute Gasteiger partial charge is 0.0435 e. The van der Waals surface area contributed by atoms with Gasteiger partial charge in [0.25, 0.3) is 0 Å². The molecule has 4 aliphatic rings. The predicted molar refractivity (Wildman–Crippen MR) is 63.0 cm³/mol. The van der Waals surface area contributed by atoms with E-state index in [4.69, 9.17) is 0 Å². The van der Waals surface area contributed by atoms with Crippen LogP contribution in [-0.2, 0) is 32.7 Å². The van der Waals surface area contributed by atoms with Crippen LogP contribution in [0, 0.1) is 37.5 Å². The Morgan fingerprint density at radius 2 is 1.38 bits per heavy atom. The molecule has 0 unspecified atom stereocenters. The average molecular weight is 297 g/mol. The topological polar surface area (TPSA) is 20.2 Å². The fourth-order valence-corrected chi connectivity index (χ4v) is 4.41. The monoisotopic (exact) mass is 297 g/mol. The number of rotatable bonds is 1. The quantitative estimate of drug-likeness (QED) is 0.737. The molecule has 0 amide bonds. The molecule has 0 aromatic heterocycles. The predicted octanol–water partition coefficient (Wildman–Crippen LogP) is 3.24. The van der Waals surface area contributed by atoms with Crippen molar-refractivity contribution < 1.29 is 37.8 Å². The molecule has 0 heterocycles. The van der Waals surface area contributed by atoms with E-state index in [1.54, 1.807) is 6.92 Å². The van der Waals surface area contributed by atoms with E-state index in [0.29, 0.717) is 11.8 Å². The molecule has 1 radical (unpaired) electrons. The van der Waals surface area contributed by atoms with Crippen LogP contribution < -0.4 is 0 Å². The summed E-state index contributed by atoms with van der Waals surface area (Å²) in [5.41, 5.74) is -0.368. The molecule has 0 aromatic rings. The van der Waals surface area contributed by atoms with E-state index in [1.807, 2.05) is 0 Å². The maximum atomic E-state index is 10.5. The number of hydrogen-bond acceptors (Lipinski definition) is 1. The first kappa shape index (κ1) is 15.1. The van der Waals surface area contributed by atoms with E-state index in [0.717, 1.165) is 18.3 Å². The zero-order valence-corrected chi connectivity index (χ0v) is 13.3. The summed E-state index contributed by atoms with van der Waals surface area (Å²) in [7, 11) is 0. The van der Waals surface area contributed by atoms with E-state index in [9.17, 15) is 5.11 Å². The molecular weight excluding hydrogens is 273 g/mol. The second-order valence-electron chi connectivity index (χ2n) is 5.55. The largest absolute Gasteiger partial charge is 0.392 e. The first-order valence-electron chi connectivity index (χ1n) is 6.44. The molecule has 4 saturated carbocycles. The second-order valence-corrected chi connectivity index (χ2v) is 5.55. The summed E-state index contributed by atoms with van der Waals surface area (Å²) in [6.45, 7) is 8.95. The summed E-state index contributed by atoms with van der Waals surface area (Å²) >= 11 is 0. The zero-order valence-electron chi connectivity index (χ0n) is 10.5. The molecule has 0 atom stereocenters. The van der Waals surface area contributed by atoms with Crippen LogP contribution in [-0.4, -0.2) is 10.7 Å². The summed E-state index contributed by atoms with van der Waals surface area (Å²) < 4.78 is 0. The number of aliphatic hydroxyl groups is 1. The van der Waals surface area contributed by atoms with Gasteiger partial charge in [0.15, 0.2) is 0 Å². The van der Waals surface area contributed by atoms with Gasteiger partial charge in [-0.15, -0.1) is 0 Å². The van der Waals surface area contributed by atoms with Gasteiger partial charge in [-0.05, 0) is 55.8 Å².